The zero-order valence-electron chi connectivity index (χ0n) is 26.8. The van der Waals surface area contributed by atoms with Crippen LogP contribution < -0.4 is 4.90 Å². The maximum Gasteiger partial charge on any atom is 0.186 e. The first-order valence-corrected chi connectivity index (χ1v) is 15.9. The quantitative estimate of drug-likeness (QED) is 0.102. The first-order valence-electron chi connectivity index (χ1n) is 15.9. The van der Waals surface area contributed by atoms with E-state index < -0.39 is 0 Å². The van der Waals surface area contributed by atoms with E-state index in [4.69, 9.17) is 0 Å². The predicted octanol–water partition coefficient (Wildman–Crippen LogP) is 11.6. The average Bonchev–Trinajstić information content (AvgIpc) is 3.09. The number of fused-ring (bicyclic) bond motifs is 3. The highest BCUT2D eigenvalue weighted by Gasteiger charge is 2.18. The molecule has 0 heterocycles. The van der Waals surface area contributed by atoms with Gasteiger partial charge in [0.1, 0.15) is 0 Å². The number of hydrogen-bond donors (Lipinski definition) is 0. The van der Waals surface area contributed by atoms with Crippen LogP contribution in [0.5, 0.6) is 0 Å². The van der Waals surface area contributed by atoms with Crippen LogP contribution in [-0.4, -0.2) is 12.1 Å². The van der Waals surface area contributed by atoms with Crippen molar-refractivity contribution in [2.45, 2.75) is 26.2 Å². The fraction of sp³-hybridized carbons (Fsp3) is 0.0909. The zero-order chi connectivity index (χ0) is 32.5. The van der Waals surface area contributed by atoms with Gasteiger partial charge in [-0.05, 0) is 110 Å². The number of allylic oxidation sites excluding steroid dienone is 1. The van der Waals surface area contributed by atoms with E-state index in [-0.39, 0.29) is 11.2 Å². The summed E-state index contributed by atoms with van der Waals surface area (Å²) in [7, 11) is 0. The van der Waals surface area contributed by atoms with Crippen LogP contribution in [0.1, 0.15) is 52.6 Å². The molecule has 0 bridgehead atoms. The van der Waals surface area contributed by atoms with Crippen LogP contribution in [0.25, 0.3) is 38.4 Å². The van der Waals surface area contributed by atoms with Crippen LogP contribution >= 0.6 is 0 Å². The Balaban J connectivity index is 1.24. The fourth-order valence-electron chi connectivity index (χ4n) is 6.20. The molecule has 0 aromatic heterocycles. The largest absolute Gasteiger partial charge is 0.310 e. The highest BCUT2D eigenvalue weighted by atomic mass is 16.1. The third kappa shape index (κ3) is 6.08. The van der Waals surface area contributed by atoms with E-state index in [0.717, 1.165) is 50.5 Å². The summed E-state index contributed by atoms with van der Waals surface area (Å²) >= 11 is 0. The Hall–Kier alpha value is -5.80. The predicted molar refractivity (Wildman–Crippen MR) is 198 cm³/mol. The molecule has 7 rings (SSSR count). The number of anilines is 3. The van der Waals surface area contributed by atoms with E-state index in [1.807, 2.05) is 36.4 Å². The van der Waals surface area contributed by atoms with Crippen molar-refractivity contribution in [1.29, 1.82) is 0 Å². The number of carbonyl (C=O) groups excluding carboxylic acids is 2. The zero-order valence-corrected chi connectivity index (χ0v) is 26.8. The molecular formula is C44H35NO2. The molecular weight excluding hydrogens is 574 g/mol. The van der Waals surface area contributed by atoms with Crippen molar-refractivity contribution < 1.29 is 9.59 Å². The molecule has 0 saturated heterocycles. The summed E-state index contributed by atoms with van der Waals surface area (Å²) in [6, 6.07) is 47.9. The van der Waals surface area contributed by atoms with Crippen LogP contribution in [0.4, 0.5) is 17.1 Å². The number of rotatable bonds is 7. The summed E-state index contributed by atoms with van der Waals surface area (Å²) < 4.78 is 0. The van der Waals surface area contributed by atoms with Gasteiger partial charge in [-0.3, -0.25) is 9.59 Å². The summed E-state index contributed by atoms with van der Waals surface area (Å²) in [6.45, 7) is 6.72. The monoisotopic (exact) mass is 609 g/mol. The lowest BCUT2D eigenvalue weighted by Gasteiger charge is -2.28. The van der Waals surface area contributed by atoms with E-state index in [0.29, 0.717) is 11.1 Å². The molecule has 0 aliphatic heterocycles. The number of hydrogen-bond acceptors (Lipinski definition) is 3. The second-order valence-corrected chi connectivity index (χ2v) is 13.1. The molecule has 0 N–H and O–H groups in total. The van der Waals surface area contributed by atoms with Gasteiger partial charge in [0, 0.05) is 28.2 Å². The topological polar surface area (TPSA) is 37.4 Å². The molecule has 0 spiro atoms. The summed E-state index contributed by atoms with van der Waals surface area (Å²) in [6.07, 6.45) is 4.12. The third-order valence-electron chi connectivity index (χ3n) is 8.81. The minimum Gasteiger partial charge on any atom is -0.310 e. The molecule has 47 heavy (non-hydrogen) atoms. The highest BCUT2D eigenvalue weighted by Crippen LogP contribution is 2.39. The lowest BCUT2D eigenvalue weighted by Crippen LogP contribution is -2.14. The van der Waals surface area contributed by atoms with Crippen LogP contribution in [0.3, 0.4) is 0 Å². The van der Waals surface area contributed by atoms with Gasteiger partial charge < -0.3 is 4.90 Å². The molecule has 0 saturated carbocycles. The lowest BCUT2D eigenvalue weighted by atomic mass is 9.87. The van der Waals surface area contributed by atoms with Gasteiger partial charge in [-0.25, -0.2) is 0 Å². The highest BCUT2D eigenvalue weighted by molar-refractivity contribution is 6.13. The minimum atomic E-state index is -0.197. The Labute approximate surface area is 275 Å². The molecule has 3 nitrogen and oxygen atoms in total. The van der Waals surface area contributed by atoms with Gasteiger partial charge in [-0.2, -0.15) is 0 Å². The second-order valence-electron chi connectivity index (χ2n) is 13.1. The molecule has 0 aliphatic rings. The average molecular weight is 610 g/mol. The summed E-state index contributed by atoms with van der Waals surface area (Å²) in [4.78, 5) is 27.3. The van der Waals surface area contributed by atoms with Crippen molar-refractivity contribution in [1.82, 2.24) is 0 Å². The van der Waals surface area contributed by atoms with Crippen molar-refractivity contribution in [3.05, 3.63) is 168 Å². The number of nitrogens with zero attached hydrogens (tertiary/aromatic N) is 1. The van der Waals surface area contributed by atoms with Gasteiger partial charge >= 0.3 is 0 Å². The van der Waals surface area contributed by atoms with E-state index in [2.05, 4.69) is 123 Å². The third-order valence-corrected chi connectivity index (χ3v) is 8.81. The van der Waals surface area contributed by atoms with Crippen LogP contribution in [0, 0.1) is 0 Å². The van der Waals surface area contributed by atoms with Gasteiger partial charge in [-0.15, -0.1) is 0 Å². The Morgan fingerprint density at radius 1 is 0.553 bits per heavy atom. The SMILES string of the molecule is CC(C)(C)c1cccc(N(c2ccc3ccccc3c2)c2ccc3cc(C=CC(=O)c4cc5ccccc5cc4C=O)ccc3c2)c1. The number of carbonyl (C=O) groups is 2. The molecule has 0 atom stereocenters. The van der Waals surface area contributed by atoms with E-state index >= 15 is 0 Å². The van der Waals surface area contributed by atoms with Crippen molar-refractivity contribution in [2.75, 3.05) is 4.90 Å². The molecule has 0 radical (unpaired) electrons. The maximum absolute atomic E-state index is 13.2. The molecule has 3 heteroatoms. The van der Waals surface area contributed by atoms with Gasteiger partial charge in [0.15, 0.2) is 12.1 Å². The van der Waals surface area contributed by atoms with Gasteiger partial charge in [0.05, 0.1) is 0 Å². The molecule has 0 amide bonds. The Bertz CT molecular complexity index is 2340. The Kier molecular flexibility index (Phi) is 7.75. The first kappa shape index (κ1) is 29.9. The smallest absolute Gasteiger partial charge is 0.186 e. The Morgan fingerprint density at radius 2 is 1.11 bits per heavy atom. The maximum atomic E-state index is 13.2. The summed E-state index contributed by atoms with van der Waals surface area (Å²) in [5.41, 5.74) is 6.27. The van der Waals surface area contributed by atoms with Gasteiger partial charge in [0.2, 0.25) is 0 Å². The van der Waals surface area contributed by atoms with Crippen LogP contribution in [-0.2, 0) is 5.41 Å². The summed E-state index contributed by atoms with van der Waals surface area (Å²) in [5.74, 6) is -0.197. The van der Waals surface area contributed by atoms with Crippen molar-refractivity contribution >= 4 is 67.5 Å². The molecule has 0 unspecified atom stereocenters. The summed E-state index contributed by atoms with van der Waals surface area (Å²) in [5, 5.41) is 6.44. The number of benzene rings is 7. The van der Waals surface area contributed by atoms with Gasteiger partial charge in [0.25, 0.3) is 0 Å². The van der Waals surface area contributed by atoms with E-state index in [1.54, 1.807) is 18.2 Å². The molecule has 0 fully saturated rings. The molecule has 7 aromatic rings. The molecule has 7 aromatic carbocycles. The first-order chi connectivity index (χ1) is 22.8. The standard InChI is InChI=1S/C44H35NO2/c1-44(2,3)38-13-8-14-39(28-38)45(40-20-18-31-9-4-5-11-33(31)25-40)41-21-19-35-23-30(15-17-36(35)26-41)16-22-43(47)42-27-34-12-7-6-10-32(34)24-37(42)29-46/h4-29H,1-3H3. The minimum absolute atomic E-state index is 0.0167. The van der Waals surface area contributed by atoms with Gasteiger partial charge in [-0.1, -0.05) is 112 Å². The van der Waals surface area contributed by atoms with Crippen LogP contribution in [0.2, 0.25) is 0 Å². The second kappa shape index (κ2) is 12.2. The Morgan fingerprint density at radius 3 is 1.79 bits per heavy atom. The van der Waals surface area contributed by atoms with E-state index in [9.17, 15) is 9.59 Å². The lowest BCUT2D eigenvalue weighted by molar-refractivity contribution is 0.103. The molecule has 228 valence electrons. The van der Waals surface area contributed by atoms with Crippen molar-refractivity contribution in [3.8, 4) is 0 Å². The van der Waals surface area contributed by atoms with E-state index in [1.165, 1.54) is 16.3 Å². The fourth-order valence-corrected chi connectivity index (χ4v) is 6.20. The normalized spacial score (nSPS) is 11.8. The molecule has 0 aliphatic carbocycles. The van der Waals surface area contributed by atoms with Crippen molar-refractivity contribution in [3.63, 3.8) is 0 Å². The van der Waals surface area contributed by atoms with Crippen LogP contribution in [0.15, 0.2) is 146 Å². The number of aldehydes is 1. The number of ketones is 1. The van der Waals surface area contributed by atoms with Crippen molar-refractivity contribution in [2.24, 2.45) is 0 Å².